The maximum Gasteiger partial charge on any atom is 0.647 e. The van der Waals surface area contributed by atoms with Crippen molar-refractivity contribution in [3.8, 4) is 17.2 Å². The average Bonchev–Trinajstić information content (AvgIpc) is 3.34. The SMILES string of the molecule is C1CCOC1.Cc1ccc(OP(=O)(Oc2ccc(C)cc2)Oc2ccc(C)cc2)cc1.Cl. The zero-order chi connectivity index (χ0) is 22.1. The molecule has 0 amide bonds. The fourth-order valence-corrected chi connectivity index (χ4v) is 4.00. The number of aryl methyl sites for hydroxylation is 3. The van der Waals surface area contributed by atoms with Crippen molar-refractivity contribution in [3.05, 3.63) is 89.5 Å². The van der Waals surface area contributed by atoms with E-state index in [0.29, 0.717) is 17.2 Å². The van der Waals surface area contributed by atoms with Gasteiger partial charge in [0.2, 0.25) is 0 Å². The third-order valence-electron chi connectivity index (χ3n) is 4.54. The summed E-state index contributed by atoms with van der Waals surface area (Å²) in [6, 6.07) is 21.6. The lowest BCUT2D eigenvalue weighted by Gasteiger charge is -2.19. The van der Waals surface area contributed by atoms with Crippen LogP contribution in [0.2, 0.25) is 0 Å². The van der Waals surface area contributed by atoms with Crippen LogP contribution in [0.1, 0.15) is 29.5 Å². The second kappa shape index (κ2) is 12.5. The zero-order valence-electron chi connectivity index (χ0n) is 18.7. The summed E-state index contributed by atoms with van der Waals surface area (Å²) in [6.45, 7) is 7.90. The predicted molar refractivity (Wildman–Crippen MR) is 130 cm³/mol. The third kappa shape index (κ3) is 8.58. The molecule has 0 aromatic heterocycles. The maximum atomic E-state index is 13.3. The minimum Gasteiger partial charge on any atom is -0.386 e. The van der Waals surface area contributed by atoms with Crippen LogP contribution in [0.5, 0.6) is 17.2 Å². The molecule has 0 spiro atoms. The molecule has 1 saturated heterocycles. The van der Waals surface area contributed by atoms with Crippen LogP contribution in [0.4, 0.5) is 0 Å². The Balaban J connectivity index is 0.000000534. The minimum absolute atomic E-state index is 0. The molecule has 1 fully saturated rings. The second-order valence-corrected chi connectivity index (χ2v) is 8.92. The predicted octanol–water partition coefficient (Wildman–Crippen LogP) is 7.48. The number of phosphoric ester groups is 1. The van der Waals surface area contributed by atoms with Crippen LogP contribution in [0.25, 0.3) is 0 Å². The normalized spacial score (nSPS) is 12.7. The molecule has 5 nitrogen and oxygen atoms in total. The van der Waals surface area contributed by atoms with Crippen molar-refractivity contribution < 1.29 is 22.9 Å². The van der Waals surface area contributed by atoms with Crippen molar-refractivity contribution in [2.75, 3.05) is 13.2 Å². The Labute approximate surface area is 196 Å². The Bertz CT molecular complexity index is 854. The van der Waals surface area contributed by atoms with Gasteiger partial charge in [-0.25, -0.2) is 0 Å². The van der Waals surface area contributed by atoms with Crippen LogP contribution >= 0.6 is 20.2 Å². The van der Waals surface area contributed by atoms with Crippen LogP contribution in [0.15, 0.2) is 72.8 Å². The molecule has 1 aliphatic heterocycles. The minimum atomic E-state index is -3.93. The summed E-state index contributed by atoms with van der Waals surface area (Å²) in [6.07, 6.45) is 2.56. The Morgan fingerprint density at radius 2 is 0.875 bits per heavy atom. The van der Waals surface area contributed by atoms with Gasteiger partial charge in [-0.1, -0.05) is 53.1 Å². The summed E-state index contributed by atoms with van der Waals surface area (Å²) < 4.78 is 35.2. The largest absolute Gasteiger partial charge is 0.647 e. The molecule has 32 heavy (non-hydrogen) atoms. The monoisotopic (exact) mass is 476 g/mol. The topological polar surface area (TPSA) is 54.0 Å². The van der Waals surface area contributed by atoms with Crippen molar-refractivity contribution >= 4 is 20.2 Å². The molecule has 0 radical (unpaired) electrons. The van der Waals surface area contributed by atoms with Crippen LogP contribution in [-0.2, 0) is 9.30 Å². The molecule has 0 saturated carbocycles. The number of phosphoric acid groups is 1. The Morgan fingerprint density at radius 3 is 1.09 bits per heavy atom. The molecule has 0 unspecified atom stereocenters. The summed E-state index contributed by atoms with van der Waals surface area (Å²) in [7, 11) is -3.93. The fourth-order valence-electron chi connectivity index (χ4n) is 2.75. The van der Waals surface area contributed by atoms with E-state index in [9.17, 15) is 4.57 Å². The van der Waals surface area contributed by atoms with E-state index in [-0.39, 0.29) is 12.4 Å². The van der Waals surface area contributed by atoms with E-state index in [0.717, 1.165) is 29.9 Å². The standard InChI is InChI=1S/C21H21O4P.C4H8O.ClH/c1-16-4-10-19(11-5-16)23-26(22,24-20-12-6-17(2)7-13-20)25-21-14-8-18(3)9-15-21;1-2-4-5-3-1;/h4-15H,1-3H3;1-4H2;1H. The molecule has 0 N–H and O–H groups in total. The van der Waals surface area contributed by atoms with Crippen molar-refractivity contribution in [2.24, 2.45) is 0 Å². The van der Waals surface area contributed by atoms with Gasteiger partial charge in [0, 0.05) is 13.2 Å². The lowest BCUT2D eigenvalue weighted by Crippen LogP contribution is -2.07. The highest BCUT2D eigenvalue weighted by Gasteiger charge is 2.33. The van der Waals surface area contributed by atoms with E-state index in [1.54, 1.807) is 36.4 Å². The van der Waals surface area contributed by atoms with Crippen molar-refractivity contribution in [3.63, 3.8) is 0 Å². The Kier molecular flexibility index (Phi) is 10.1. The number of rotatable bonds is 6. The first-order chi connectivity index (χ1) is 14.9. The first-order valence-electron chi connectivity index (χ1n) is 10.4. The molecule has 3 aromatic rings. The smallest absolute Gasteiger partial charge is 0.386 e. The van der Waals surface area contributed by atoms with Crippen LogP contribution in [0.3, 0.4) is 0 Å². The van der Waals surface area contributed by atoms with Crippen molar-refractivity contribution in [1.82, 2.24) is 0 Å². The van der Waals surface area contributed by atoms with Crippen LogP contribution in [-0.4, -0.2) is 13.2 Å². The van der Waals surface area contributed by atoms with Gasteiger partial charge < -0.3 is 18.3 Å². The molecule has 3 aromatic carbocycles. The highest BCUT2D eigenvalue weighted by atomic mass is 35.5. The molecule has 0 atom stereocenters. The van der Waals surface area contributed by atoms with Gasteiger partial charge in [-0.05, 0) is 70.0 Å². The average molecular weight is 477 g/mol. The zero-order valence-corrected chi connectivity index (χ0v) is 20.4. The molecular weight excluding hydrogens is 447 g/mol. The van der Waals surface area contributed by atoms with E-state index >= 15 is 0 Å². The fraction of sp³-hybridized carbons (Fsp3) is 0.280. The van der Waals surface area contributed by atoms with E-state index in [1.807, 2.05) is 57.2 Å². The number of hydrogen-bond acceptors (Lipinski definition) is 5. The Morgan fingerprint density at radius 1 is 0.594 bits per heavy atom. The van der Waals surface area contributed by atoms with Crippen molar-refractivity contribution in [1.29, 1.82) is 0 Å². The summed E-state index contributed by atoms with van der Waals surface area (Å²) in [4.78, 5) is 0. The number of hydrogen-bond donors (Lipinski definition) is 0. The molecule has 1 aliphatic rings. The first-order valence-corrected chi connectivity index (χ1v) is 11.8. The van der Waals surface area contributed by atoms with Crippen molar-refractivity contribution in [2.45, 2.75) is 33.6 Å². The van der Waals surface area contributed by atoms with Gasteiger partial charge in [0.15, 0.2) is 0 Å². The van der Waals surface area contributed by atoms with Gasteiger partial charge in [0.1, 0.15) is 17.2 Å². The summed E-state index contributed by atoms with van der Waals surface area (Å²) in [5.74, 6) is 1.24. The summed E-state index contributed by atoms with van der Waals surface area (Å²) in [5, 5.41) is 0. The maximum absolute atomic E-state index is 13.3. The third-order valence-corrected chi connectivity index (χ3v) is 5.85. The molecule has 172 valence electrons. The number of ether oxygens (including phenoxy) is 1. The number of halogens is 1. The van der Waals surface area contributed by atoms with Gasteiger partial charge in [-0.3, -0.25) is 0 Å². The van der Waals surface area contributed by atoms with E-state index < -0.39 is 7.82 Å². The van der Waals surface area contributed by atoms with Gasteiger partial charge >= 0.3 is 7.82 Å². The molecule has 0 bridgehead atoms. The molecule has 4 rings (SSSR count). The second-order valence-electron chi connectivity index (χ2n) is 7.48. The summed E-state index contributed by atoms with van der Waals surface area (Å²) >= 11 is 0. The molecular formula is C25H30ClO5P. The number of benzene rings is 3. The highest BCUT2D eigenvalue weighted by molar-refractivity contribution is 7.49. The van der Waals surface area contributed by atoms with Gasteiger partial charge in [-0.15, -0.1) is 12.4 Å². The lowest BCUT2D eigenvalue weighted by molar-refractivity contribution is 0.198. The summed E-state index contributed by atoms with van der Waals surface area (Å²) in [5.41, 5.74) is 3.23. The van der Waals surface area contributed by atoms with Gasteiger partial charge in [-0.2, -0.15) is 4.57 Å². The molecule has 1 heterocycles. The molecule has 7 heteroatoms. The Hall–Kier alpha value is -2.46. The van der Waals surface area contributed by atoms with E-state index in [1.165, 1.54) is 12.8 Å². The quantitative estimate of drug-likeness (QED) is 0.345. The van der Waals surface area contributed by atoms with Gasteiger partial charge in [0.05, 0.1) is 0 Å². The first kappa shape index (κ1) is 25.8. The van der Waals surface area contributed by atoms with E-state index in [4.69, 9.17) is 18.3 Å². The van der Waals surface area contributed by atoms with E-state index in [2.05, 4.69) is 0 Å². The van der Waals surface area contributed by atoms with Crippen LogP contribution < -0.4 is 13.6 Å². The highest BCUT2D eigenvalue weighted by Crippen LogP contribution is 2.49. The van der Waals surface area contributed by atoms with Crippen LogP contribution in [0, 0.1) is 20.8 Å². The lowest BCUT2D eigenvalue weighted by atomic mass is 10.2. The molecule has 0 aliphatic carbocycles. The van der Waals surface area contributed by atoms with Gasteiger partial charge in [0.25, 0.3) is 0 Å².